The van der Waals surface area contributed by atoms with Crippen molar-refractivity contribution in [1.82, 2.24) is 4.90 Å². The van der Waals surface area contributed by atoms with Gasteiger partial charge in [0.1, 0.15) is 0 Å². The average Bonchev–Trinajstić information content (AvgIpc) is 2.26. The standard InChI is InChI=1S/C12H18N2O2/c1-13(10-12(15)16)8-9-14(2)11-6-4-3-5-7-11/h3-7H,8-10H2,1-2H3,(H,15,16). The number of hydrogen-bond acceptors (Lipinski definition) is 3. The van der Waals surface area contributed by atoms with Gasteiger partial charge < -0.3 is 10.0 Å². The van der Waals surface area contributed by atoms with Gasteiger partial charge >= 0.3 is 5.97 Å². The molecular weight excluding hydrogens is 204 g/mol. The van der Waals surface area contributed by atoms with E-state index in [-0.39, 0.29) is 6.54 Å². The van der Waals surface area contributed by atoms with Gasteiger partial charge in [-0.2, -0.15) is 0 Å². The molecular formula is C12H18N2O2. The molecule has 0 amide bonds. The fourth-order valence-electron chi connectivity index (χ4n) is 1.44. The molecule has 4 heteroatoms. The Morgan fingerprint density at radius 2 is 1.81 bits per heavy atom. The molecule has 1 aromatic carbocycles. The molecule has 1 rings (SSSR count). The van der Waals surface area contributed by atoms with Crippen LogP contribution in [0.1, 0.15) is 0 Å². The minimum Gasteiger partial charge on any atom is -0.480 e. The van der Waals surface area contributed by atoms with Gasteiger partial charge in [0.25, 0.3) is 0 Å². The van der Waals surface area contributed by atoms with E-state index >= 15 is 0 Å². The van der Waals surface area contributed by atoms with Crippen molar-refractivity contribution < 1.29 is 9.90 Å². The predicted octanol–water partition coefficient (Wildman–Crippen LogP) is 1.14. The topological polar surface area (TPSA) is 43.8 Å². The fourth-order valence-corrected chi connectivity index (χ4v) is 1.44. The van der Waals surface area contributed by atoms with E-state index in [9.17, 15) is 4.79 Å². The van der Waals surface area contributed by atoms with Crippen LogP contribution in [0, 0.1) is 0 Å². The van der Waals surface area contributed by atoms with Gasteiger partial charge in [0, 0.05) is 25.8 Å². The summed E-state index contributed by atoms with van der Waals surface area (Å²) in [5.74, 6) is -0.787. The molecule has 0 aliphatic rings. The number of rotatable bonds is 6. The van der Waals surface area contributed by atoms with Crippen LogP contribution in [0.25, 0.3) is 0 Å². The number of para-hydroxylation sites is 1. The second-order valence-corrected chi connectivity index (χ2v) is 3.89. The normalized spacial score (nSPS) is 10.4. The van der Waals surface area contributed by atoms with Gasteiger partial charge in [-0.05, 0) is 19.2 Å². The van der Waals surface area contributed by atoms with Gasteiger partial charge in [0.2, 0.25) is 0 Å². The number of benzene rings is 1. The van der Waals surface area contributed by atoms with E-state index in [1.807, 2.05) is 44.4 Å². The lowest BCUT2D eigenvalue weighted by molar-refractivity contribution is -0.137. The van der Waals surface area contributed by atoms with Gasteiger partial charge in [-0.15, -0.1) is 0 Å². The zero-order valence-electron chi connectivity index (χ0n) is 9.76. The Kier molecular flexibility index (Phi) is 4.79. The Labute approximate surface area is 96.1 Å². The van der Waals surface area contributed by atoms with Crippen LogP contribution >= 0.6 is 0 Å². The monoisotopic (exact) mass is 222 g/mol. The summed E-state index contributed by atoms with van der Waals surface area (Å²) in [4.78, 5) is 14.4. The summed E-state index contributed by atoms with van der Waals surface area (Å²) in [5, 5.41) is 8.61. The van der Waals surface area contributed by atoms with Crippen LogP contribution in [0.2, 0.25) is 0 Å². The minimum atomic E-state index is -0.787. The van der Waals surface area contributed by atoms with Crippen molar-refractivity contribution in [2.75, 3.05) is 38.6 Å². The molecule has 0 atom stereocenters. The molecule has 0 saturated carbocycles. The van der Waals surface area contributed by atoms with Crippen molar-refractivity contribution in [2.24, 2.45) is 0 Å². The summed E-state index contributed by atoms with van der Waals surface area (Å²) in [7, 11) is 3.82. The van der Waals surface area contributed by atoms with Crippen LogP contribution in [-0.4, -0.2) is 49.7 Å². The van der Waals surface area contributed by atoms with Gasteiger partial charge in [-0.3, -0.25) is 9.69 Å². The number of carboxylic acids is 1. The summed E-state index contributed by atoms with van der Waals surface area (Å²) < 4.78 is 0. The molecule has 0 radical (unpaired) electrons. The SMILES string of the molecule is CN(CCN(C)c1ccccc1)CC(=O)O. The number of likely N-dealkylation sites (N-methyl/N-ethyl adjacent to an activating group) is 2. The van der Waals surface area contributed by atoms with Crippen LogP contribution < -0.4 is 4.90 Å². The highest BCUT2D eigenvalue weighted by molar-refractivity contribution is 5.69. The minimum absolute atomic E-state index is 0.0859. The maximum atomic E-state index is 10.5. The van der Waals surface area contributed by atoms with Gasteiger partial charge in [0.05, 0.1) is 6.54 Å². The van der Waals surface area contributed by atoms with E-state index in [0.717, 1.165) is 18.8 Å². The van der Waals surface area contributed by atoms with Crippen molar-refractivity contribution in [3.63, 3.8) is 0 Å². The quantitative estimate of drug-likeness (QED) is 0.784. The largest absolute Gasteiger partial charge is 0.480 e. The molecule has 88 valence electrons. The zero-order chi connectivity index (χ0) is 12.0. The van der Waals surface area contributed by atoms with Crippen molar-refractivity contribution >= 4 is 11.7 Å². The number of aliphatic carboxylic acids is 1. The van der Waals surface area contributed by atoms with Crippen molar-refractivity contribution in [1.29, 1.82) is 0 Å². The van der Waals surface area contributed by atoms with E-state index in [0.29, 0.717) is 0 Å². The van der Waals surface area contributed by atoms with E-state index in [1.165, 1.54) is 0 Å². The zero-order valence-corrected chi connectivity index (χ0v) is 9.76. The first-order valence-electron chi connectivity index (χ1n) is 5.26. The molecule has 0 aromatic heterocycles. The number of hydrogen-bond donors (Lipinski definition) is 1. The Balaban J connectivity index is 2.35. The molecule has 0 bridgehead atoms. The predicted molar refractivity (Wildman–Crippen MR) is 64.8 cm³/mol. The third-order valence-corrected chi connectivity index (χ3v) is 2.42. The van der Waals surface area contributed by atoms with E-state index in [1.54, 1.807) is 4.90 Å². The van der Waals surface area contributed by atoms with Gasteiger partial charge in [-0.25, -0.2) is 0 Å². The van der Waals surface area contributed by atoms with E-state index in [2.05, 4.69) is 4.90 Å². The number of nitrogens with zero attached hydrogens (tertiary/aromatic N) is 2. The molecule has 0 saturated heterocycles. The van der Waals surface area contributed by atoms with Gasteiger partial charge in [-0.1, -0.05) is 18.2 Å². The Morgan fingerprint density at radius 1 is 1.19 bits per heavy atom. The summed E-state index contributed by atoms with van der Waals surface area (Å²) in [6.07, 6.45) is 0. The number of carbonyl (C=O) groups is 1. The van der Waals surface area contributed by atoms with E-state index < -0.39 is 5.97 Å². The van der Waals surface area contributed by atoms with Crippen LogP contribution in [0.3, 0.4) is 0 Å². The molecule has 4 nitrogen and oxygen atoms in total. The first-order valence-corrected chi connectivity index (χ1v) is 5.26. The molecule has 0 aliphatic heterocycles. The molecule has 1 aromatic rings. The highest BCUT2D eigenvalue weighted by Crippen LogP contribution is 2.10. The summed E-state index contributed by atoms with van der Waals surface area (Å²) in [5.41, 5.74) is 1.14. The summed E-state index contributed by atoms with van der Waals surface area (Å²) in [6, 6.07) is 10.0. The van der Waals surface area contributed by atoms with Crippen molar-refractivity contribution in [2.45, 2.75) is 0 Å². The highest BCUT2D eigenvalue weighted by atomic mass is 16.4. The average molecular weight is 222 g/mol. The fraction of sp³-hybridized carbons (Fsp3) is 0.417. The highest BCUT2D eigenvalue weighted by Gasteiger charge is 2.05. The van der Waals surface area contributed by atoms with E-state index in [4.69, 9.17) is 5.11 Å². The molecule has 0 unspecified atom stereocenters. The molecule has 0 aliphatic carbocycles. The molecule has 1 N–H and O–H groups in total. The lowest BCUT2D eigenvalue weighted by atomic mass is 10.3. The number of anilines is 1. The molecule has 16 heavy (non-hydrogen) atoms. The third-order valence-electron chi connectivity index (χ3n) is 2.42. The second-order valence-electron chi connectivity index (χ2n) is 3.89. The van der Waals surface area contributed by atoms with Crippen molar-refractivity contribution in [3.05, 3.63) is 30.3 Å². The first kappa shape index (κ1) is 12.5. The molecule has 0 fully saturated rings. The van der Waals surface area contributed by atoms with Crippen LogP contribution in [-0.2, 0) is 4.79 Å². The lowest BCUT2D eigenvalue weighted by Gasteiger charge is -2.22. The molecule has 0 spiro atoms. The third kappa shape index (κ3) is 4.31. The smallest absolute Gasteiger partial charge is 0.317 e. The molecule has 0 heterocycles. The second kappa shape index (κ2) is 6.12. The summed E-state index contributed by atoms with van der Waals surface area (Å²) >= 11 is 0. The van der Waals surface area contributed by atoms with Crippen LogP contribution in [0.4, 0.5) is 5.69 Å². The maximum absolute atomic E-state index is 10.5. The Morgan fingerprint density at radius 3 is 2.38 bits per heavy atom. The Hall–Kier alpha value is -1.55. The van der Waals surface area contributed by atoms with Crippen molar-refractivity contribution in [3.8, 4) is 0 Å². The maximum Gasteiger partial charge on any atom is 0.317 e. The first-order chi connectivity index (χ1) is 7.59. The lowest BCUT2D eigenvalue weighted by Crippen LogP contribution is -2.33. The van der Waals surface area contributed by atoms with Crippen LogP contribution in [0.5, 0.6) is 0 Å². The Bertz CT molecular complexity index is 327. The number of carboxylic acid groups (broad SMARTS) is 1. The van der Waals surface area contributed by atoms with Gasteiger partial charge in [0.15, 0.2) is 0 Å². The van der Waals surface area contributed by atoms with Crippen LogP contribution in [0.15, 0.2) is 30.3 Å². The summed E-state index contributed by atoms with van der Waals surface area (Å²) in [6.45, 7) is 1.63.